The molecule has 0 saturated carbocycles. The second-order valence-electron chi connectivity index (χ2n) is 4.41. The molecule has 0 aromatic heterocycles. The van der Waals surface area contributed by atoms with Crippen molar-refractivity contribution < 1.29 is 9.18 Å². The minimum absolute atomic E-state index is 0. The van der Waals surface area contributed by atoms with Crippen LogP contribution in [-0.4, -0.2) is 37.0 Å². The lowest BCUT2D eigenvalue weighted by atomic mass is 10.1. The smallest absolute Gasteiger partial charge is 0.227 e. The zero-order chi connectivity index (χ0) is 13.0. The molecule has 0 spiro atoms. The third-order valence-corrected chi connectivity index (χ3v) is 3.64. The van der Waals surface area contributed by atoms with Crippen LogP contribution in [0, 0.1) is 5.82 Å². The summed E-state index contributed by atoms with van der Waals surface area (Å²) in [5.41, 5.74) is 0.838. The molecule has 0 radical (unpaired) electrons. The molecule has 1 aromatic rings. The molecular formula is C13H17BrClFN2O. The number of nitrogens with one attached hydrogen (secondary N) is 1. The van der Waals surface area contributed by atoms with Crippen molar-refractivity contribution in [3.05, 3.63) is 34.1 Å². The summed E-state index contributed by atoms with van der Waals surface area (Å²) >= 11 is 3.13. The van der Waals surface area contributed by atoms with E-state index in [1.807, 2.05) is 4.90 Å². The number of amides is 1. The Balaban J connectivity index is 0.00000180. The van der Waals surface area contributed by atoms with E-state index in [4.69, 9.17) is 0 Å². The van der Waals surface area contributed by atoms with E-state index < -0.39 is 0 Å². The SMILES string of the molecule is Cl.O=C(Cc1ccc(F)c(Br)c1)N1CCCNCC1. The summed E-state index contributed by atoms with van der Waals surface area (Å²) in [5.74, 6) is -0.192. The maximum absolute atomic E-state index is 13.1. The van der Waals surface area contributed by atoms with Crippen LogP contribution in [0.25, 0.3) is 0 Å². The van der Waals surface area contributed by atoms with Crippen LogP contribution in [0.5, 0.6) is 0 Å². The first-order chi connectivity index (χ1) is 8.66. The molecule has 1 fully saturated rings. The third kappa shape index (κ3) is 4.75. The number of halogens is 3. The highest BCUT2D eigenvalue weighted by Gasteiger charge is 2.15. The van der Waals surface area contributed by atoms with Gasteiger partial charge in [0.05, 0.1) is 10.9 Å². The highest BCUT2D eigenvalue weighted by molar-refractivity contribution is 9.10. The van der Waals surface area contributed by atoms with Crippen LogP contribution in [0.2, 0.25) is 0 Å². The van der Waals surface area contributed by atoms with Crippen molar-refractivity contribution in [3.8, 4) is 0 Å². The quantitative estimate of drug-likeness (QED) is 0.887. The molecule has 19 heavy (non-hydrogen) atoms. The number of benzene rings is 1. The molecule has 1 amide bonds. The predicted octanol–water partition coefficient (Wildman–Crippen LogP) is 2.37. The lowest BCUT2D eigenvalue weighted by Gasteiger charge is -2.20. The van der Waals surface area contributed by atoms with E-state index in [2.05, 4.69) is 21.2 Å². The average Bonchev–Trinajstić information content (AvgIpc) is 2.62. The van der Waals surface area contributed by atoms with E-state index in [1.165, 1.54) is 6.07 Å². The van der Waals surface area contributed by atoms with Crippen molar-refractivity contribution in [1.29, 1.82) is 0 Å². The second-order valence-corrected chi connectivity index (χ2v) is 5.26. The van der Waals surface area contributed by atoms with Crippen LogP contribution in [0.1, 0.15) is 12.0 Å². The third-order valence-electron chi connectivity index (χ3n) is 3.03. The fourth-order valence-corrected chi connectivity index (χ4v) is 2.46. The Bertz CT molecular complexity index is 437. The van der Waals surface area contributed by atoms with Crippen LogP contribution in [0.4, 0.5) is 4.39 Å². The van der Waals surface area contributed by atoms with Crippen molar-refractivity contribution >= 4 is 34.2 Å². The minimum atomic E-state index is -0.301. The maximum Gasteiger partial charge on any atom is 0.227 e. The summed E-state index contributed by atoms with van der Waals surface area (Å²) in [6.07, 6.45) is 1.32. The van der Waals surface area contributed by atoms with Gasteiger partial charge in [-0.25, -0.2) is 4.39 Å². The number of hydrogen-bond acceptors (Lipinski definition) is 2. The van der Waals surface area contributed by atoms with Gasteiger partial charge in [-0.1, -0.05) is 6.07 Å². The van der Waals surface area contributed by atoms with E-state index in [9.17, 15) is 9.18 Å². The van der Waals surface area contributed by atoms with Crippen LogP contribution in [0.15, 0.2) is 22.7 Å². The molecule has 2 rings (SSSR count). The molecule has 1 aliphatic rings. The maximum atomic E-state index is 13.1. The van der Waals surface area contributed by atoms with Crippen LogP contribution >= 0.6 is 28.3 Å². The summed E-state index contributed by atoms with van der Waals surface area (Å²) in [5, 5.41) is 3.26. The summed E-state index contributed by atoms with van der Waals surface area (Å²) in [6, 6.07) is 4.72. The monoisotopic (exact) mass is 350 g/mol. The number of carbonyl (C=O) groups is 1. The Kier molecular flexibility index (Phi) is 6.75. The Labute approximate surface area is 127 Å². The Hall–Kier alpha value is -0.650. The summed E-state index contributed by atoms with van der Waals surface area (Å²) in [4.78, 5) is 14.0. The Morgan fingerprint density at radius 1 is 1.37 bits per heavy atom. The summed E-state index contributed by atoms with van der Waals surface area (Å²) in [7, 11) is 0. The van der Waals surface area contributed by atoms with Gasteiger partial charge in [-0.15, -0.1) is 12.4 Å². The molecule has 0 atom stereocenters. The van der Waals surface area contributed by atoms with Crippen LogP contribution in [-0.2, 0) is 11.2 Å². The molecule has 3 nitrogen and oxygen atoms in total. The van der Waals surface area contributed by atoms with Gasteiger partial charge >= 0.3 is 0 Å². The molecule has 1 aromatic carbocycles. The van der Waals surface area contributed by atoms with Crippen LogP contribution < -0.4 is 5.32 Å². The molecule has 6 heteroatoms. The molecule has 1 heterocycles. The van der Waals surface area contributed by atoms with E-state index in [0.29, 0.717) is 10.9 Å². The number of nitrogens with zero attached hydrogens (tertiary/aromatic N) is 1. The number of hydrogen-bond donors (Lipinski definition) is 1. The number of carbonyl (C=O) groups excluding carboxylic acids is 1. The first-order valence-corrected chi connectivity index (χ1v) is 6.88. The van der Waals surface area contributed by atoms with Crippen molar-refractivity contribution in [1.82, 2.24) is 10.2 Å². The standard InChI is InChI=1S/C13H16BrFN2O.ClH/c14-11-8-10(2-3-12(11)15)9-13(18)17-6-1-4-16-5-7-17;/h2-3,8,16H,1,4-7,9H2;1H. The Morgan fingerprint density at radius 2 is 2.16 bits per heavy atom. The van der Waals surface area contributed by atoms with Crippen molar-refractivity contribution in [2.45, 2.75) is 12.8 Å². The molecule has 1 saturated heterocycles. The summed E-state index contributed by atoms with van der Waals surface area (Å²) < 4.78 is 13.5. The lowest BCUT2D eigenvalue weighted by molar-refractivity contribution is -0.130. The molecule has 106 valence electrons. The minimum Gasteiger partial charge on any atom is -0.341 e. The van der Waals surface area contributed by atoms with Crippen molar-refractivity contribution in [3.63, 3.8) is 0 Å². The lowest BCUT2D eigenvalue weighted by Crippen LogP contribution is -2.35. The van der Waals surface area contributed by atoms with Gasteiger partial charge in [-0.2, -0.15) is 0 Å². The molecule has 1 aliphatic heterocycles. The fraction of sp³-hybridized carbons (Fsp3) is 0.462. The second kappa shape index (κ2) is 7.82. The zero-order valence-corrected chi connectivity index (χ0v) is 12.9. The van der Waals surface area contributed by atoms with Gasteiger partial charge in [0.1, 0.15) is 5.82 Å². The highest BCUT2D eigenvalue weighted by atomic mass is 79.9. The molecule has 0 bridgehead atoms. The Morgan fingerprint density at radius 3 is 2.89 bits per heavy atom. The summed E-state index contributed by atoms with van der Waals surface area (Å²) in [6.45, 7) is 3.36. The van der Waals surface area contributed by atoms with Gasteiger partial charge in [0.25, 0.3) is 0 Å². The highest BCUT2D eigenvalue weighted by Crippen LogP contribution is 2.17. The zero-order valence-electron chi connectivity index (χ0n) is 10.5. The van der Waals surface area contributed by atoms with Crippen molar-refractivity contribution in [2.75, 3.05) is 26.2 Å². The topological polar surface area (TPSA) is 32.3 Å². The first kappa shape index (κ1) is 16.4. The van der Waals surface area contributed by atoms with E-state index in [1.54, 1.807) is 12.1 Å². The van der Waals surface area contributed by atoms with E-state index >= 15 is 0 Å². The van der Waals surface area contributed by atoms with Gasteiger partial charge in [0.15, 0.2) is 0 Å². The molecule has 1 N–H and O–H groups in total. The predicted molar refractivity (Wildman–Crippen MR) is 79.1 cm³/mol. The van der Waals surface area contributed by atoms with Gasteiger partial charge in [-0.05, 0) is 46.6 Å². The van der Waals surface area contributed by atoms with E-state index in [0.717, 1.165) is 38.2 Å². The van der Waals surface area contributed by atoms with Gasteiger partial charge < -0.3 is 10.2 Å². The van der Waals surface area contributed by atoms with Gasteiger partial charge in [0, 0.05) is 19.6 Å². The van der Waals surface area contributed by atoms with Crippen LogP contribution in [0.3, 0.4) is 0 Å². The van der Waals surface area contributed by atoms with Gasteiger partial charge in [0.2, 0.25) is 5.91 Å². The first-order valence-electron chi connectivity index (χ1n) is 6.09. The van der Waals surface area contributed by atoms with Crippen molar-refractivity contribution in [2.24, 2.45) is 0 Å². The average molecular weight is 352 g/mol. The number of rotatable bonds is 2. The largest absolute Gasteiger partial charge is 0.341 e. The fourth-order valence-electron chi connectivity index (χ4n) is 2.03. The molecular weight excluding hydrogens is 335 g/mol. The van der Waals surface area contributed by atoms with E-state index in [-0.39, 0.29) is 24.1 Å². The molecule has 0 aliphatic carbocycles. The van der Waals surface area contributed by atoms with Gasteiger partial charge in [-0.3, -0.25) is 4.79 Å². The molecule has 0 unspecified atom stereocenters. The normalized spacial score (nSPS) is 15.6.